The number of benzene rings is 2. The van der Waals surface area contributed by atoms with Crippen molar-refractivity contribution in [2.45, 2.75) is 32.6 Å². The molecule has 1 heteroatoms. The molecule has 2 aromatic rings. The summed E-state index contributed by atoms with van der Waals surface area (Å²) in [5.74, 6) is 0. The highest BCUT2D eigenvalue weighted by Gasteiger charge is 2.00. The molecule has 19 heavy (non-hydrogen) atoms. The van der Waals surface area contributed by atoms with Gasteiger partial charge in [-0.1, -0.05) is 48.5 Å². The Morgan fingerprint density at radius 1 is 0.947 bits per heavy atom. The third kappa shape index (κ3) is 4.06. The zero-order valence-electron chi connectivity index (χ0n) is 11.4. The summed E-state index contributed by atoms with van der Waals surface area (Å²) in [5.41, 5.74) is 5.39. The van der Waals surface area contributed by atoms with Crippen LogP contribution in [0.1, 0.15) is 35.1 Å². The van der Waals surface area contributed by atoms with Crippen molar-refractivity contribution in [1.29, 1.82) is 0 Å². The van der Waals surface area contributed by atoms with Gasteiger partial charge in [-0.15, -0.1) is 0 Å². The molecule has 0 heterocycles. The van der Waals surface area contributed by atoms with Crippen molar-refractivity contribution in [3.8, 4) is 0 Å². The minimum absolute atomic E-state index is 0.658. The monoisotopic (exact) mass is 252 g/mol. The van der Waals surface area contributed by atoms with E-state index in [1.165, 1.54) is 22.3 Å². The van der Waals surface area contributed by atoms with Gasteiger partial charge in [0.2, 0.25) is 0 Å². The second-order valence-electron chi connectivity index (χ2n) is 4.98. The van der Waals surface area contributed by atoms with Crippen LogP contribution in [0.15, 0.2) is 48.5 Å². The molecule has 0 aliphatic heterocycles. The van der Waals surface area contributed by atoms with Crippen LogP contribution in [0.5, 0.6) is 0 Å². The Labute approximate surface area is 115 Å². The number of hydrogen-bond acceptors (Lipinski definition) is 1. The van der Waals surface area contributed by atoms with Crippen LogP contribution in [0.2, 0.25) is 0 Å². The molecule has 0 aliphatic carbocycles. The largest absolute Gasteiger partial charge is 0.303 e. The van der Waals surface area contributed by atoms with Crippen LogP contribution >= 0.6 is 0 Å². The fourth-order valence-electron chi connectivity index (χ4n) is 2.24. The molecule has 0 spiro atoms. The lowest BCUT2D eigenvalue weighted by Gasteiger charge is -2.06. The van der Waals surface area contributed by atoms with Gasteiger partial charge in [0, 0.05) is 6.42 Å². The fraction of sp³-hybridized carbons (Fsp3) is 0.278. The van der Waals surface area contributed by atoms with Gasteiger partial charge >= 0.3 is 0 Å². The minimum Gasteiger partial charge on any atom is -0.303 e. The van der Waals surface area contributed by atoms with Gasteiger partial charge in [0.1, 0.15) is 6.29 Å². The van der Waals surface area contributed by atoms with E-state index in [-0.39, 0.29) is 0 Å². The summed E-state index contributed by atoms with van der Waals surface area (Å²) in [7, 11) is 0. The number of carbonyl (C=O) groups is 1. The molecule has 0 amide bonds. The van der Waals surface area contributed by atoms with Crippen molar-refractivity contribution < 1.29 is 4.79 Å². The second-order valence-corrected chi connectivity index (χ2v) is 4.98. The summed E-state index contributed by atoms with van der Waals surface area (Å²) in [5, 5.41) is 0. The second kappa shape index (κ2) is 6.89. The van der Waals surface area contributed by atoms with Crippen molar-refractivity contribution in [2.75, 3.05) is 0 Å². The highest BCUT2D eigenvalue weighted by atomic mass is 16.1. The first kappa shape index (κ1) is 13.5. The third-order valence-corrected chi connectivity index (χ3v) is 3.47. The molecule has 0 radical (unpaired) electrons. The van der Waals surface area contributed by atoms with Crippen LogP contribution < -0.4 is 0 Å². The molecule has 0 atom stereocenters. The van der Waals surface area contributed by atoms with E-state index in [9.17, 15) is 4.79 Å². The van der Waals surface area contributed by atoms with Crippen LogP contribution in [-0.2, 0) is 17.6 Å². The van der Waals surface area contributed by atoms with Crippen molar-refractivity contribution in [3.63, 3.8) is 0 Å². The normalized spacial score (nSPS) is 10.4. The highest BCUT2D eigenvalue weighted by Crippen LogP contribution is 2.15. The zero-order chi connectivity index (χ0) is 13.5. The third-order valence-electron chi connectivity index (χ3n) is 3.47. The number of hydrogen-bond donors (Lipinski definition) is 0. The van der Waals surface area contributed by atoms with Gasteiger partial charge in [0.25, 0.3) is 0 Å². The van der Waals surface area contributed by atoms with E-state index in [1.807, 2.05) is 0 Å². The Bertz CT molecular complexity index is 526. The summed E-state index contributed by atoms with van der Waals surface area (Å²) in [6.45, 7) is 2.16. The molecule has 0 aliphatic rings. The van der Waals surface area contributed by atoms with Crippen molar-refractivity contribution >= 4 is 6.29 Å². The van der Waals surface area contributed by atoms with Crippen LogP contribution in [0.4, 0.5) is 0 Å². The van der Waals surface area contributed by atoms with E-state index in [0.717, 1.165) is 25.5 Å². The van der Waals surface area contributed by atoms with Gasteiger partial charge in [-0.2, -0.15) is 0 Å². The fourth-order valence-corrected chi connectivity index (χ4v) is 2.24. The summed E-state index contributed by atoms with van der Waals surface area (Å²) in [6.07, 6.45) is 4.57. The standard InChI is InChI=1S/C18H20O/c1-15-6-2-3-8-18(15)14-17-11-9-16(10-12-17)7-4-5-13-19/h2-3,6,8-13H,4-5,7,14H2,1H3. The Kier molecular flexibility index (Phi) is 4.91. The maximum atomic E-state index is 10.3. The Hall–Kier alpha value is -1.89. The Morgan fingerprint density at radius 3 is 2.32 bits per heavy atom. The Balaban J connectivity index is 1.99. The smallest absolute Gasteiger partial charge is 0.120 e. The number of rotatable bonds is 6. The maximum absolute atomic E-state index is 10.3. The van der Waals surface area contributed by atoms with Gasteiger partial charge in [0.05, 0.1) is 0 Å². The first-order valence-corrected chi connectivity index (χ1v) is 6.85. The summed E-state index contributed by atoms with van der Waals surface area (Å²) in [4.78, 5) is 10.3. The molecule has 98 valence electrons. The maximum Gasteiger partial charge on any atom is 0.120 e. The minimum atomic E-state index is 0.658. The number of aryl methyl sites for hydroxylation is 2. The SMILES string of the molecule is Cc1ccccc1Cc1ccc(CCCC=O)cc1. The lowest BCUT2D eigenvalue weighted by atomic mass is 9.99. The van der Waals surface area contributed by atoms with E-state index in [0.29, 0.717) is 6.42 Å². The molecule has 0 bridgehead atoms. The van der Waals surface area contributed by atoms with Crippen LogP contribution in [0.25, 0.3) is 0 Å². The highest BCUT2D eigenvalue weighted by molar-refractivity contribution is 5.49. The summed E-state index contributed by atoms with van der Waals surface area (Å²) in [6, 6.07) is 17.3. The van der Waals surface area contributed by atoms with Crippen molar-refractivity contribution in [2.24, 2.45) is 0 Å². The lowest BCUT2D eigenvalue weighted by Crippen LogP contribution is -1.92. The van der Waals surface area contributed by atoms with Gasteiger partial charge in [-0.05, 0) is 48.4 Å². The van der Waals surface area contributed by atoms with Gasteiger partial charge in [-0.3, -0.25) is 0 Å². The molecule has 2 rings (SSSR count). The number of aldehydes is 1. The van der Waals surface area contributed by atoms with Gasteiger partial charge in [-0.25, -0.2) is 0 Å². The molecule has 0 saturated heterocycles. The van der Waals surface area contributed by atoms with Gasteiger partial charge < -0.3 is 4.79 Å². The first-order valence-electron chi connectivity index (χ1n) is 6.85. The Morgan fingerprint density at radius 2 is 1.63 bits per heavy atom. The number of unbranched alkanes of at least 4 members (excludes halogenated alkanes) is 1. The molecule has 0 fully saturated rings. The zero-order valence-corrected chi connectivity index (χ0v) is 11.4. The van der Waals surface area contributed by atoms with E-state index >= 15 is 0 Å². The van der Waals surface area contributed by atoms with E-state index in [2.05, 4.69) is 55.5 Å². The molecule has 0 unspecified atom stereocenters. The van der Waals surface area contributed by atoms with E-state index in [1.54, 1.807) is 0 Å². The number of carbonyl (C=O) groups excluding carboxylic acids is 1. The van der Waals surface area contributed by atoms with Crippen molar-refractivity contribution in [3.05, 3.63) is 70.8 Å². The molecular formula is C18H20O. The molecule has 1 nitrogen and oxygen atoms in total. The van der Waals surface area contributed by atoms with E-state index < -0.39 is 0 Å². The van der Waals surface area contributed by atoms with Crippen LogP contribution in [0.3, 0.4) is 0 Å². The lowest BCUT2D eigenvalue weighted by molar-refractivity contribution is -0.107. The topological polar surface area (TPSA) is 17.1 Å². The van der Waals surface area contributed by atoms with Crippen LogP contribution in [-0.4, -0.2) is 6.29 Å². The quantitative estimate of drug-likeness (QED) is 0.558. The molecule has 0 N–H and O–H groups in total. The molecule has 0 saturated carbocycles. The van der Waals surface area contributed by atoms with E-state index in [4.69, 9.17) is 0 Å². The summed E-state index contributed by atoms with van der Waals surface area (Å²) >= 11 is 0. The molecule has 0 aromatic heterocycles. The molecular weight excluding hydrogens is 232 g/mol. The predicted octanol–water partition coefficient (Wildman–Crippen LogP) is 4.11. The molecule has 2 aromatic carbocycles. The van der Waals surface area contributed by atoms with Crippen LogP contribution in [0, 0.1) is 6.92 Å². The average molecular weight is 252 g/mol. The first-order chi connectivity index (χ1) is 9.29. The average Bonchev–Trinajstić information content (AvgIpc) is 2.44. The van der Waals surface area contributed by atoms with Crippen molar-refractivity contribution in [1.82, 2.24) is 0 Å². The van der Waals surface area contributed by atoms with Gasteiger partial charge in [0.15, 0.2) is 0 Å². The predicted molar refractivity (Wildman–Crippen MR) is 79.4 cm³/mol. The summed E-state index contributed by atoms with van der Waals surface area (Å²) < 4.78 is 0.